The quantitative estimate of drug-likeness (QED) is 0.461. The van der Waals surface area contributed by atoms with Gasteiger partial charge < -0.3 is 4.57 Å². The standard InChI is InChI=1S/C9H11N3O.C8H10N4O/c1-6-5-12-7(2)10-4-8(12)9(13)11(6)3;1-5-10-7-6(4-9-12(7)3)8(13)11(5)2/h4-5H,1-3H3;4H,1-3H3. The molecule has 0 radical (unpaired) electrons. The van der Waals surface area contributed by atoms with Crippen LogP contribution in [0.2, 0.25) is 0 Å². The van der Waals surface area contributed by atoms with Crippen LogP contribution in [0.1, 0.15) is 17.3 Å². The van der Waals surface area contributed by atoms with Crippen molar-refractivity contribution in [1.29, 1.82) is 0 Å². The lowest BCUT2D eigenvalue weighted by Gasteiger charge is -2.04. The number of hydrogen-bond acceptors (Lipinski definition) is 5. The van der Waals surface area contributed by atoms with E-state index in [1.165, 1.54) is 4.57 Å². The maximum absolute atomic E-state index is 11.7. The second-order valence-corrected chi connectivity index (χ2v) is 6.22. The molecule has 0 N–H and O–H groups in total. The van der Waals surface area contributed by atoms with Crippen molar-refractivity contribution >= 4 is 16.6 Å². The van der Waals surface area contributed by atoms with E-state index in [9.17, 15) is 9.59 Å². The summed E-state index contributed by atoms with van der Waals surface area (Å²) in [6.07, 6.45) is 5.07. The van der Waals surface area contributed by atoms with Gasteiger partial charge in [-0.2, -0.15) is 5.10 Å². The zero-order chi connectivity index (χ0) is 19.2. The lowest BCUT2D eigenvalue weighted by atomic mass is 10.4. The molecule has 9 heteroatoms. The first-order valence-corrected chi connectivity index (χ1v) is 8.08. The second-order valence-electron chi connectivity index (χ2n) is 6.22. The Labute approximate surface area is 149 Å². The molecule has 0 aromatic carbocycles. The van der Waals surface area contributed by atoms with E-state index in [4.69, 9.17) is 0 Å². The topological polar surface area (TPSA) is 92.0 Å². The lowest BCUT2D eigenvalue weighted by Crippen LogP contribution is -2.20. The van der Waals surface area contributed by atoms with Crippen molar-refractivity contribution in [2.75, 3.05) is 0 Å². The summed E-state index contributed by atoms with van der Waals surface area (Å²) in [5.74, 6) is 1.54. The summed E-state index contributed by atoms with van der Waals surface area (Å²) in [5, 5.41) is 4.54. The molecular weight excluding hydrogens is 334 g/mol. The van der Waals surface area contributed by atoms with Crippen LogP contribution in [-0.2, 0) is 21.1 Å². The molecule has 4 heterocycles. The molecule has 0 unspecified atom stereocenters. The zero-order valence-electron chi connectivity index (χ0n) is 15.7. The van der Waals surface area contributed by atoms with Crippen molar-refractivity contribution in [2.24, 2.45) is 21.1 Å². The maximum atomic E-state index is 11.7. The minimum atomic E-state index is -0.0457. The average molecular weight is 355 g/mol. The van der Waals surface area contributed by atoms with E-state index in [2.05, 4.69) is 15.1 Å². The molecule has 0 aliphatic rings. The van der Waals surface area contributed by atoms with Crippen molar-refractivity contribution < 1.29 is 0 Å². The summed E-state index contributed by atoms with van der Waals surface area (Å²) in [4.78, 5) is 31.6. The Morgan fingerprint density at radius 2 is 1.58 bits per heavy atom. The van der Waals surface area contributed by atoms with Crippen LogP contribution < -0.4 is 11.1 Å². The highest BCUT2D eigenvalue weighted by molar-refractivity contribution is 5.73. The molecule has 9 nitrogen and oxygen atoms in total. The van der Waals surface area contributed by atoms with E-state index in [1.807, 2.05) is 24.4 Å². The second kappa shape index (κ2) is 6.25. The molecule has 0 aliphatic carbocycles. The number of hydrogen-bond donors (Lipinski definition) is 0. The van der Waals surface area contributed by atoms with Gasteiger partial charge in [0.1, 0.15) is 22.6 Å². The van der Waals surface area contributed by atoms with Gasteiger partial charge in [-0.1, -0.05) is 0 Å². The summed E-state index contributed by atoms with van der Waals surface area (Å²) < 4.78 is 6.56. The molecule has 4 aromatic heterocycles. The molecular formula is C17H21N7O2. The van der Waals surface area contributed by atoms with Crippen molar-refractivity contribution in [1.82, 2.24) is 33.3 Å². The summed E-state index contributed by atoms with van der Waals surface area (Å²) >= 11 is 0. The van der Waals surface area contributed by atoms with Gasteiger partial charge in [-0.3, -0.25) is 23.2 Å². The van der Waals surface area contributed by atoms with Crippen LogP contribution in [-0.4, -0.2) is 33.3 Å². The number of aryl methyl sites for hydroxylation is 4. The molecule has 0 saturated heterocycles. The Balaban J connectivity index is 0.000000151. The van der Waals surface area contributed by atoms with Gasteiger partial charge >= 0.3 is 0 Å². The van der Waals surface area contributed by atoms with Crippen molar-refractivity contribution in [3.05, 3.63) is 56.6 Å². The van der Waals surface area contributed by atoms with Gasteiger partial charge in [0.15, 0.2) is 5.65 Å². The molecule has 26 heavy (non-hydrogen) atoms. The van der Waals surface area contributed by atoms with Crippen molar-refractivity contribution in [2.45, 2.75) is 20.8 Å². The number of rotatable bonds is 0. The van der Waals surface area contributed by atoms with Gasteiger partial charge in [0, 0.05) is 33.0 Å². The minimum absolute atomic E-state index is 0.000556. The van der Waals surface area contributed by atoms with E-state index in [1.54, 1.807) is 49.7 Å². The lowest BCUT2D eigenvalue weighted by molar-refractivity contribution is 0.758. The molecule has 0 atom stereocenters. The Kier molecular flexibility index (Phi) is 4.23. The smallest absolute Gasteiger partial charge is 0.276 e. The summed E-state index contributed by atoms with van der Waals surface area (Å²) in [7, 11) is 5.24. The van der Waals surface area contributed by atoms with Gasteiger partial charge in [-0.15, -0.1) is 0 Å². The Morgan fingerprint density at radius 1 is 0.885 bits per heavy atom. The third-order valence-corrected chi connectivity index (χ3v) is 4.55. The van der Waals surface area contributed by atoms with Crippen LogP contribution in [0.25, 0.3) is 16.6 Å². The van der Waals surface area contributed by atoms with Gasteiger partial charge in [0.05, 0.1) is 12.4 Å². The Bertz CT molecular complexity index is 1140. The molecule has 4 rings (SSSR count). The molecule has 136 valence electrons. The van der Waals surface area contributed by atoms with Crippen molar-refractivity contribution in [3.63, 3.8) is 0 Å². The third kappa shape index (κ3) is 2.71. The molecule has 4 aromatic rings. The molecule has 0 amide bonds. The largest absolute Gasteiger partial charge is 0.313 e. The monoisotopic (exact) mass is 355 g/mol. The molecule has 0 bridgehead atoms. The molecule has 0 spiro atoms. The average Bonchev–Trinajstić information content (AvgIpc) is 3.15. The zero-order valence-corrected chi connectivity index (χ0v) is 15.7. The number of nitrogens with zero attached hydrogens (tertiary/aromatic N) is 7. The molecule has 0 aliphatic heterocycles. The van der Waals surface area contributed by atoms with E-state index in [0.717, 1.165) is 11.5 Å². The highest BCUT2D eigenvalue weighted by atomic mass is 16.1. The number of imidazole rings is 1. The fourth-order valence-corrected chi connectivity index (χ4v) is 2.65. The van der Waals surface area contributed by atoms with E-state index in [-0.39, 0.29) is 11.1 Å². The first-order chi connectivity index (χ1) is 12.2. The van der Waals surface area contributed by atoms with Gasteiger partial charge in [-0.05, 0) is 20.8 Å². The van der Waals surface area contributed by atoms with Crippen LogP contribution >= 0.6 is 0 Å². The molecule has 0 saturated carbocycles. The number of fused-ring (bicyclic) bond motifs is 2. The normalized spacial score (nSPS) is 11.0. The summed E-state index contributed by atoms with van der Waals surface area (Å²) in [6.45, 7) is 5.58. The van der Waals surface area contributed by atoms with Crippen LogP contribution in [0.5, 0.6) is 0 Å². The highest BCUT2D eigenvalue weighted by Gasteiger charge is 2.08. The van der Waals surface area contributed by atoms with Gasteiger partial charge in [0.2, 0.25) is 0 Å². The summed E-state index contributed by atoms with van der Waals surface area (Å²) in [5.41, 5.74) is 2.15. The first-order valence-electron chi connectivity index (χ1n) is 8.08. The van der Waals surface area contributed by atoms with E-state index < -0.39 is 0 Å². The van der Waals surface area contributed by atoms with Gasteiger partial charge in [-0.25, -0.2) is 9.97 Å². The summed E-state index contributed by atoms with van der Waals surface area (Å²) in [6, 6.07) is 0. The maximum Gasteiger partial charge on any atom is 0.276 e. The minimum Gasteiger partial charge on any atom is -0.313 e. The van der Waals surface area contributed by atoms with Crippen LogP contribution in [0.4, 0.5) is 0 Å². The SMILES string of the molecule is Cc1cn2c(C)ncc2c(=O)n1C.Cc1nc2c(cnn2C)c(=O)n1C. The predicted octanol–water partition coefficient (Wildman–Crippen LogP) is 0.625. The predicted molar refractivity (Wildman–Crippen MR) is 98.4 cm³/mol. The van der Waals surface area contributed by atoms with Crippen LogP contribution in [0.15, 0.2) is 28.2 Å². The fourth-order valence-electron chi connectivity index (χ4n) is 2.65. The Hall–Kier alpha value is -3.23. The van der Waals surface area contributed by atoms with E-state index in [0.29, 0.717) is 22.4 Å². The number of aromatic nitrogens is 7. The van der Waals surface area contributed by atoms with Crippen LogP contribution in [0.3, 0.4) is 0 Å². The third-order valence-electron chi connectivity index (χ3n) is 4.55. The highest BCUT2D eigenvalue weighted by Crippen LogP contribution is 2.04. The first kappa shape index (κ1) is 17.6. The van der Waals surface area contributed by atoms with Crippen molar-refractivity contribution in [3.8, 4) is 0 Å². The molecule has 0 fully saturated rings. The van der Waals surface area contributed by atoms with Gasteiger partial charge in [0.25, 0.3) is 11.1 Å². The Morgan fingerprint density at radius 3 is 2.27 bits per heavy atom. The fraction of sp³-hybridized carbons (Fsp3) is 0.353. The van der Waals surface area contributed by atoms with E-state index >= 15 is 0 Å². The van der Waals surface area contributed by atoms with Crippen LogP contribution in [0, 0.1) is 20.8 Å².